The molecule has 2 rings (SSSR count). The van der Waals surface area contributed by atoms with Gasteiger partial charge in [-0.25, -0.2) is 4.79 Å². The van der Waals surface area contributed by atoms with E-state index in [1.807, 2.05) is 29.8 Å². The highest BCUT2D eigenvalue weighted by molar-refractivity contribution is 5.89. The summed E-state index contributed by atoms with van der Waals surface area (Å²) in [5, 5.41) is 1.17. The summed E-state index contributed by atoms with van der Waals surface area (Å²) in [6.45, 7) is 2.20. The zero-order chi connectivity index (χ0) is 12.3. The average molecular weight is 229 g/mol. The van der Waals surface area contributed by atoms with Crippen LogP contribution in [0.5, 0.6) is 0 Å². The molecule has 0 amide bonds. The van der Waals surface area contributed by atoms with E-state index in [-0.39, 0.29) is 5.97 Å². The van der Waals surface area contributed by atoms with E-state index < -0.39 is 0 Å². The van der Waals surface area contributed by atoms with Gasteiger partial charge in [0.1, 0.15) is 0 Å². The second kappa shape index (κ2) is 4.87. The van der Waals surface area contributed by atoms with Crippen molar-refractivity contribution in [2.75, 3.05) is 6.61 Å². The smallest absolute Gasteiger partial charge is 0.330 e. The van der Waals surface area contributed by atoms with Crippen LogP contribution in [0.1, 0.15) is 12.6 Å². The number of esters is 1. The van der Waals surface area contributed by atoms with Crippen molar-refractivity contribution in [3.63, 3.8) is 0 Å². The number of fused-ring (bicyclic) bond motifs is 1. The number of aryl methyl sites for hydroxylation is 1. The number of carbonyl (C=O) groups is 1. The molecule has 2 aromatic rings. The first-order valence-corrected chi connectivity index (χ1v) is 5.61. The molecule has 0 aliphatic heterocycles. The van der Waals surface area contributed by atoms with E-state index in [2.05, 4.69) is 12.1 Å². The largest absolute Gasteiger partial charge is 0.463 e. The van der Waals surface area contributed by atoms with E-state index in [4.69, 9.17) is 4.74 Å². The van der Waals surface area contributed by atoms with Crippen molar-refractivity contribution in [2.24, 2.45) is 7.05 Å². The Morgan fingerprint density at radius 2 is 2.18 bits per heavy atom. The molecule has 0 aliphatic carbocycles. The van der Waals surface area contributed by atoms with Gasteiger partial charge in [0, 0.05) is 29.7 Å². The van der Waals surface area contributed by atoms with Crippen LogP contribution >= 0.6 is 0 Å². The number of ether oxygens (including phenoxy) is 1. The van der Waals surface area contributed by atoms with Gasteiger partial charge in [-0.3, -0.25) is 0 Å². The molecule has 17 heavy (non-hydrogen) atoms. The maximum absolute atomic E-state index is 11.2. The van der Waals surface area contributed by atoms with Gasteiger partial charge in [-0.2, -0.15) is 0 Å². The van der Waals surface area contributed by atoms with E-state index in [0.29, 0.717) is 6.61 Å². The fourth-order valence-corrected chi connectivity index (χ4v) is 1.81. The first-order chi connectivity index (χ1) is 8.22. The molecule has 88 valence electrons. The first-order valence-electron chi connectivity index (χ1n) is 5.61. The Hall–Kier alpha value is -2.03. The Labute approximate surface area is 100 Å². The van der Waals surface area contributed by atoms with Crippen molar-refractivity contribution in [1.29, 1.82) is 0 Å². The molecule has 3 nitrogen and oxygen atoms in total. The highest BCUT2D eigenvalue weighted by atomic mass is 16.5. The zero-order valence-electron chi connectivity index (χ0n) is 10.0. The molecular weight excluding hydrogens is 214 g/mol. The van der Waals surface area contributed by atoms with Crippen LogP contribution in [0.3, 0.4) is 0 Å². The number of hydrogen-bond donors (Lipinski definition) is 0. The molecule has 0 atom stereocenters. The minimum absolute atomic E-state index is 0.308. The monoisotopic (exact) mass is 229 g/mol. The third-order valence-corrected chi connectivity index (χ3v) is 2.67. The molecule has 0 saturated carbocycles. The SMILES string of the molecule is CCOC(=O)/C=C/c1cc2ccccc2n1C. The summed E-state index contributed by atoms with van der Waals surface area (Å²) in [6.07, 6.45) is 3.23. The maximum Gasteiger partial charge on any atom is 0.330 e. The summed E-state index contributed by atoms with van der Waals surface area (Å²) in [5.41, 5.74) is 2.13. The summed E-state index contributed by atoms with van der Waals surface area (Å²) in [5.74, 6) is -0.308. The lowest BCUT2D eigenvalue weighted by atomic mass is 10.2. The molecule has 0 aliphatic rings. The van der Waals surface area contributed by atoms with E-state index in [9.17, 15) is 4.79 Å². The van der Waals surface area contributed by atoms with E-state index in [0.717, 1.165) is 11.2 Å². The van der Waals surface area contributed by atoms with Crippen LogP contribution < -0.4 is 0 Å². The molecule has 0 fully saturated rings. The topological polar surface area (TPSA) is 31.2 Å². The van der Waals surface area contributed by atoms with Gasteiger partial charge in [0.2, 0.25) is 0 Å². The molecular formula is C14H15NO2. The number of carbonyl (C=O) groups excluding carboxylic acids is 1. The average Bonchev–Trinajstić information content (AvgIpc) is 2.65. The number of benzene rings is 1. The van der Waals surface area contributed by atoms with Gasteiger partial charge < -0.3 is 9.30 Å². The summed E-state index contributed by atoms with van der Waals surface area (Å²) in [7, 11) is 1.98. The summed E-state index contributed by atoms with van der Waals surface area (Å²) < 4.78 is 6.89. The molecule has 0 bridgehead atoms. The molecule has 1 aromatic carbocycles. The lowest BCUT2D eigenvalue weighted by Crippen LogP contribution is -1.99. The van der Waals surface area contributed by atoms with E-state index in [1.165, 1.54) is 11.5 Å². The predicted octanol–water partition coefficient (Wildman–Crippen LogP) is 2.75. The Bertz CT molecular complexity index is 567. The summed E-state index contributed by atoms with van der Waals surface area (Å²) in [6, 6.07) is 10.2. The lowest BCUT2D eigenvalue weighted by molar-refractivity contribution is -0.137. The predicted molar refractivity (Wildman–Crippen MR) is 68.6 cm³/mol. The molecule has 0 N–H and O–H groups in total. The Kier molecular flexibility index (Phi) is 3.28. The van der Waals surface area contributed by atoms with Crippen LogP contribution in [0.4, 0.5) is 0 Å². The third-order valence-electron chi connectivity index (χ3n) is 2.67. The zero-order valence-corrected chi connectivity index (χ0v) is 10.0. The van der Waals surface area contributed by atoms with Crippen LogP contribution in [-0.2, 0) is 16.6 Å². The number of aromatic nitrogens is 1. The number of hydrogen-bond acceptors (Lipinski definition) is 2. The van der Waals surface area contributed by atoms with Crippen LogP contribution in [0, 0.1) is 0 Å². The second-order valence-electron chi connectivity index (χ2n) is 3.77. The van der Waals surface area contributed by atoms with Gasteiger partial charge in [0.25, 0.3) is 0 Å². The van der Waals surface area contributed by atoms with Crippen molar-refractivity contribution in [2.45, 2.75) is 6.92 Å². The summed E-state index contributed by atoms with van der Waals surface area (Å²) >= 11 is 0. The number of rotatable bonds is 3. The van der Waals surface area contributed by atoms with Gasteiger partial charge in [-0.15, -0.1) is 0 Å². The fraction of sp³-hybridized carbons (Fsp3) is 0.214. The highest BCUT2D eigenvalue weighted by Crippen LogP contribution is 2.19. The minimum atomic E-state index is -0.308. The van der Waals surface area contributed by atoms with Crippen LogP contribution in [0.2, 0.25) is 0 Å². The molecule has 0 spiro atoms. The van der Waals surface area contributed by atoms with E-state index in [1.54, 1.807) is 13.0 Å². The highest BCUT2D eigenvalue weighted by Gasteiger charge is 2.02. The second-order valence-corrected chi connectivity index (χ2v) is 3.77. The third kappa shape index (κ3) is 2.38. The Balaban J connectivity index is 2.30. The fourth-order valence-electron chi connectivity index (χ4n) is 1.81. The molecule has 3 heteroatoms. The molecule has 0 radical (unpaired) electrons. The molecule has 1 aromatic heterocycles. The normalized spacial score (nSPS) is 11.2. The van der Waals surface area contributed by atoms with Crippen molar-refractivity contribution < 1.29 is 9.53 Å². The van der Waals surface area contributed by atoms with Gasteiger partial charge in [0.15, 0.2) is 0 Å². The van der Waals surface area contributed by atoms with Gasteiger partial charge >= 0.3 is 5.97 Å². The van der Waals surface area contributed by atoms with Gasteiger partial charge in [-0.05, 0) is 25.1 Å². The van der Waals surface area contributed by atoms with Crippen molar-refractivity contribution >= 4 is 22.9 Å². The van der Waals surface area contributed by atoms with E-state index >= 15 is 0 Å². The Morgan fingerprint density at radius 3 is 2.88 bits per heavy atom. The van der Waals surface area contributed by atoms with Crippen LogP contribution in [-0.4, -0.2) is 17.1 Å². The van der Waals surface area contributed by atoms with Crippen molar-refractivity contribution in [1.82, 2.24) is 4.57 Å². The quantitative estimate of drug-likeness (QED) is 0.598. The lowest BCUT2D eigenvalue weighted by Gasteiger charge is -1.99. The summed E-state index contributed by atoms with van der Waals surface area (Å²) in [4.78, 5) is 11.2. The van der Waals surface area contributed by atoms with Gasteiger partial charge in [0.05, 0.1) is 6.61 Å². The molecule has 1 heterocycles. The van der Waals surface area contributed by atoms with Gasteiger partial charge in [-0.1, -0.05) is 18.2 Å². The van der Waals surface area contributed by atoms with Crippen LogP contribution in [0.25, 0.3) is 17.0 Å². The standard InChI is InChI=1S/C14H15NO2/c1-3-17-14(16)9-8-12-10-11-6-4-5-7-13(11)15(12)2/h4-10H,3H2,1-2H3/b9-8+. The Morgan fingerprint density at radius 1 is 1.41 bits per heavy atom. The number of para-hydroxylation sites is 1. The van der Waals surface area contributed by atoms with Crippen molar-refractivity contribution in [3.8, 4) is 0 Å². The maximum atomic E-state index is 11.2. The molecule has 0 saturated heterocycles. The van der Waals surface area contributed by atoms with Crippen molar-refractivity contribution in [3.05, 3.63) is 42.1 Å². The van der Waals surface area contributed by atoms with Crippen LogP contribution in [0.15, 0.2) is 36.4 Å². The number of nitrogens with zero attached hydrogens (tertiary/aromatic N) is 1. The molecule has 0 unspecified atom stereocenters. The minimum Gasteiger partial charge on any atom is -0.463 e. The first kappa shape index (κ1) is 11.5.